The van der Waals surface area contributed by atoms with Crippen LogP contribution in [-0.4, -0.2) is 35.3 Å². The van der Waals surface area contributed by atoms with Gasteiger partial charge in [-0.3, -0.25) is 0 Å². The lowest BCUT2D eigenvalue weighted by molar-refractivity contribution is 0.0592. The number of esters is 2. The Morgan fingerprint density at radius 2 is 1.43 bits per heavy atom. The number of rotatable bonds is 3. The van der Waals surface area contributed by atoms with E-state index in [4.69, 9.17) is 9.47 Å². The Morgan fingerprint density at radius 3 is 2.07 bits per heavy atom. The van der Waals surface area contributed by atoms with E-state index in [0.717, 1.165) is 33.1 Å². The van der Waals surface area contributed by atoms with Crippen LogP contribution in [0.4, 0.5) is 0 Å². The van der Waals surface area contributed by atoms with Crippen molar-refractivity contribution in [3.05, 3.63) is 59.8 Å². The minimum Gasteiger partial charge on any atom is -0.465 e. The molecule has 0 N–H and O–H groups in total. The van der Waals surface area contributed by atoms with Crippen LogP contribution in [0.5, 0.6) is 0 Å². The van der Waals surface area contributed by atoms with Crippen molar-refractivity contribution in [1.82, 2.24) is 9.13 Å². The number of aromatic nitrogens is 2. The van der Waals surface area contributed by atoms with Crippen LogP contribution in [0.2, 0.25) is 0 Å². The molecule has 4 aromatic rings. The highest BCUT2D eigenvalue weighted by Crippen LogP contribution is 2.34. The molecule has 0 unspecified atom stereocenters. The maximum absolute atomic E-state index is 11.9. The van der Waals surface area contributed by atoms with Crippen LogP contribution in [0.15, 0.2) is 48.7 Å². The molecular formula is C22H20N2O4. The van der Waals surface area contributed by atoms with Crippen molar-refractivity contribution in [3.8, 4) is 11.3 Å². The quantitative estimate of drug-likeness (QED) is 0.509. The number of carbonyl (C=O) groups is 2. The number of aryl methyl sites for hydroxylation is 2. The molecule has 0 aliphatic rings. The second-order valence-electron chi connectivity index (χ2n) is 6.73. The molecule has 0 spiro atoms. The zero-order valence-corrected chi connectivity index (χ0v) is 16.1. The Labute approximate surface area is 161 Å². The first-order chi connectivity index (χ1) is 13.4. The molecule has 6 heteroatoms. The summed E-state index contributed by atoms with van der Waals surface area (Å²) in [6.45, 7) is 0. The van der Waals surface area contributed by atoms with Gasteiger partial charge in [-0.2, -0.15) is 0 Å². The molecule has 6 nitrogen and oxygen atoms in total. The summed E-state index contributed by atoms with van der Waals surface area (Å²) in [6, 6.07) is 13.2. The predicted octanol–water partition coefficient (Wildman–Crippen LogP) is 3.91. The molecule has 2 aromatic carbocycles. The van der Waals surface area contributed by atoms with Gasteiger partial charge in [0, 0.05) is 47.7 Å². The van der Waals surface area contributed by atoms with Crippen molar-refractivity contribution in [1.29, 1.82) is 0 Å². The molecule has 4 rings (SSSR count). The van der Waals surface area contributed by atoms with Crippen molar-refractivity contribution in [2.45, 2.75) is 0 Å². The lowest BCUT2D eigenvalue weighted by Crippen LogP contribution is -2.01. The normalized spacial score (nSPS) is 11.1. The number of fused-ring (bicyclic) bond motifs is 2. The molecule has 0 bridgehead atoms. The van der Waals surface area contributed by atoms with Crippen LogP contribution < -0.4 is 0 Å². The highest BCUT2D eigenvalue weighted by Gasteiger charge is 2.17. The van der Waals surface area contributed by atoms with Crippen LogP contribution in [-0.2, 0) is 23.6 Å². The van der Waals surface area contributed by atoms with E-state index < -0.39 is 0 Å². The number of benzene rings is 2. The SMILES string of the molecule is COC(=O)c1ccc2c(-c3cc4ccc(C(=O)OC)cc4n3C)cn(C)c2c1. The third-order valence-corrected chi connectivity index (χ3v) is 5.15. The highest BCUT2D eigenvalue weighted by atomic mass is 16.5. The van der Waals surface area contributed by atoms with Crippen LogP contribution in [0.25, 0.3) is 33.1 Å². The third kappa shape index (κ3) is 2.65. The Morgan fingerprint density at radius 1 is 0.821 bits per heavy atom. The molecule has 0 fully saturated rings. The van der Waals surface area contributed by atoms with Gasteiger partial charge in [-0.1, -0.05) is 12.1 Å². The smallest absolute Gasteiger partial charge is 0.337 e. The van der Waals surface area contributed by atoms with Gasteiger partial charge in [-0.05, 0) is 30.3 Å². The summed E-state index contributed by atoms with van der Waals surface area (Å²) in [5.74, 6) is -0.713. The van der Waals surface area contributed by atoms with E-state index in [1.807, 2.05) is 49.1 Å². The fourth-order valence-corrected chi connectivity index (χ4v) is 3.67. The van der Waals surface area contributed by atoms with E-state index >= 15 is 0 Å². The average Bonchev–Trinajstić information content (AvgIpc) is 3.23. The maximum atomic E-state index is 11.9. The average molecular weight is 376 g/mol. The van der Waals surface area contributed by atoms with Crippen molar-refractivity contribution in [2.24, 2.45) is 14.1 Å². The van der Waals surface area contributed by atoms with Gasteiger partial charge in [-0.25, -0.2) is 9.59 Å². The van der Waals surface area contributed by atoms with Crippen molar-refractivity contribution < 1.29 is 19.1 Å². The van der Waals surface area contributed by atoms with Crippen LogP contribution in [0.1, 0.15) is 20.7 Å². The Balaban J connectivity index is 1.90. The van der Waals surface area contributed by atoms with Crippen molar-refractivity contribution >= 4 is 33.7 Å². The summed E-state index contributed by atoms with van der Waals surface area (Å²) in [4.78, 5) is 23.7. The van der Waals surface area contributed by atoms with Gasteiger partial charge in [-0.15, -0.1) is 0 Å². The Kier molecular flexibility index (Phi) is 4.19. The standard InChI is InChI=1S/C22H20N2O4/c1-23-12-17(16-8-7-15(11-19(16)23)22(26)28-4)20-9-13-5-6-14(21(25)27-3)10-18(13)24(20)2/h5-12H,1-4H3. The summed E-state index contributed by atoms with van der Waals surface area (Å²) < 4.78 is 13.7. The monoisotopic (exact) mass is 376 g/mol. The van der Waals surface area contributed by atoms with Crippen LogP contribution in [0, 0.1) is 0 Å². The lowest BCUT2D eigenvalue weighted by Gasteiger charge is -2.05. The molecule has 2 aromatic heterocycles. The first-order valence-corrected chi connectivity index (χ1v) is 8.80. The summed E-state index contributed by atoms with van der Waals surface area (Å²) in [7, 11) is 6.67. The van der Waals surface area contributed by atoms with Gasteiger partial charge in [0.05, 0.1) is 31.0 Å². The second kappa shape index (κ2) is 6.56. The molecule has 142 valence electrons. The number of ether oxygens (including phenoxy) is 2. The fourth-order valence-electron chi connectivity index (χ4n) is 3.67. The summed E-state index contributed by atoms with van der Waals surface area (Å²) >= 11 is 0. The van der Waals surface area contributed by atoms with E-state index in [-0.39, 0.29) is 11.9 Å². The first-order valence-electron chi connectivity index (χ1n) is 8.80. The number of hydrogen-bond donors (Lipinski definition) is 0. The summed E-state index contributed by atoms with van der Waals surface area (Å²) in [5.41, 5.74) is 4.99. The maximum Gasteiger partial charge on any atom is 0.337 e. The molecule has 2 heterocycles. The largest absolute Gasteiger partial charge is 0.465 e. The van der Waals surface area contributed by atoms with Gasteiger partial charge >= 0.3 is 11.9 Å². The van der Waals surface area contributed by atoms with Gasteiger partial charge in [0.25, 0.3) is 0 Å². The lowest BCUT2D eigenvalue weighted by atomic mass is 10.1. The van der Waals surface area contributed by atoms with E-state index in [9.17, 15) is 9.59 Å². The van der Waals surface area contributed by atoms with E-state index in [1.54, 1.807) is 12.1 Å². The number of nitrogens with zero attached hydrogens (tertiary/aromatic N) is 2. The first kappa shape index (κ1) is 17.9. The highest BCUT2D eigenvalue weighted by molar-refractivity contribution is 6.03. The molecule has 28 heavy (non-hydrogen) atoms. The van der Waals surface area contributed by atoms with E-state index in [2.05, 4.69) is 10.6 Å². The molecule has 0 radical (unpaired) electrons. The molecule has 0 saturated heterocycles. The van der Waals surface area contributed by atoms with Gasteiger partial charge in [0.15, 0.2) is 0 Å². The van der Waals surface area contributed by atoms with Crippen molar-refractivity contribution in [3.63, 3.8) is 0 Å². The zero-order valence-electron chi connectivity index (χ0n) is 16.1. The Bertz CT molecular complexity index is 1250. The van der Waals surface area contributed by atoms with Crippen LogP contribution >= 0.6 is 0 Å². The minimum atomic E-state index is -0.357. The summed E-state index contributed by atoms with van der Waals surface area (Å²) in [6.07, 6.45) is 2.04. The molecule has 0 aliphatic carbocycles. The predicted molar refractivity (Wildman–Crippen MR) is 108 cm³/mol. The zero-order chi connectivity index (χ0) is 20.0. The van der Waals surface area contributed by atoms with Crippen LogP contribution in [0.3, 0.4) is 0 Å². The third-order valence-electron chi connectivity index (χ3n) is 5.15. The fraction of sp³-hybridized carbons (Fsp3) is 0.182. The van der Waals surface area contributed by atoms with Gasteiger partial charge < -0.3 is 18.6 Å². The molecule has 0 amide bonds. The van der Waals surface area contributed by atoms with Crippen molar-refractivity contribution in [2.75, 3.05) is 14.2 Å². The summed E-state index contributed by atoms with van der Waals surface area (Å²) in [5, 5.41) is 2.07. The minimum absolute atomic E-state index is 0.356. The molecular weight excluding hydrogens is 356 g/mol. The van der Waals surface area contributed by atoms with E-state index in [0.29, 0.717) is 11.1 Å². The van der Waals surface area contributed by atoms with Gasteiger partial charge in [0.2, 0.25) is 0 Å². The Hall–Kier alpha value is -3.54. The number of methoxy groups -OCH3 is 2. The van der Waals surface area contributed by atoms with E-state index in [1.165, 1.54) is 14.2 Å². The van der Waals surface area contributed by atoms with Gasteiger partial charge in [0.1, 0.15) is 0 Å². The molecule has 0 aliphatic heterocycles. The number of hydrogen-bond acceptors (Lipinski definition) is 4. The number of carbonyl (C=O) groups excluding carboxylic acids is 2. The molecule has 0 saturated carbocycles. The topological polar surface area (TPSA) is 62.5 Å². The molecule has 0 atom stereocenters. The second-order valence-corrected chi connectivity index (χ2v) is 6.73.